The molecular weight excluding hydrogens is 336 g/mol. The van der Waals surface area contributed by atoms with E-state index in [2.05, 4.69) is 0 Å². The van der Waals surface area contributed by atoms with Crippen molar-refractivity contribution in [2.75, 3.05) is 18.5 Å². The van der Waals surface area contributed by atoms with Crippen molar-refractivity contribution >= 4 is 29.1 Å². The number of nitrogens with zero attached hydrogens (tertiary/aromatic N) is 2. The molecule has 1 fully saturated rings. The van der Waals surface area contributed by atoms with Crippen LogP contribution in [0.15, 0.2) is 48.5 Å². The van der Waals surface area contributed by atoms with Crippen LogP contribution in [0.4, 0.5) is 5.69 Å². The van der Waals surface area contributed by atoms with Crippen molar-refractivity contribution in [3.8, 4) is 0 Å². The first-order valence-electron chi connectivity index (χ1n) is 8.34. The van der Waals surface area contributed by atoms with Gasteiger partial charge >= 0.3 is 0 Å². The molecule has 25 heavy (non-hydrogen) atoms. The van der Waals surface area contributed by atoms with Gasteiger partial charge in [-0.15, -0.1) is 0 Å². The van der Waals surface area contributed by atoms with Crippen molar-refractivity contribution in [2.45, 2.75) is 19.9 Å². The van der Waals surface area contributed by atoms with E-state index >= 15 is 0 Å². The van der Waals surface area contributed by atoms with Gasteiger partial charge in [0.25, 0.3) is 0 Å². The van der Waals surface area contributed by atoms with Gasteiger partial charge in [0.05, 0.1) is 0 Å². The number of carbonyl (C=O) groups is 2. The smallest absolute Gasteiger partial charge is 0.239 e. The summed E-state index contributed by atoms with van der Waals surface area (Å²) >= 11 is 6.17. The molecule has 1 atom stereocenters. The second-order valence-electron chi connectivity index (χ2n) is 6.39. The van der Waals surface area contributed by atoms with Crippen molar-refractivity contribution < 1.29 is 9.59 Å². The zero-order valence-electron chi connectivity index (χ0n) is 14.4. The molecule has 130 valence electrons. The Labute approximate surface area is 153 Å². The van der Waals surface area contributed by atoms with Crippen LogP contribution in [0, 0.1) is 12.8 Å². The third-order valence-electron chi connectivity index (χ3n) is 4.67. The van der Waals surface area contributed by atoms with Gasteiger partial charge in [-0.05, 0) is 36.6 Å². The largest absolute Gasteiger partial charge is 0.341 e. The van der Waals surface area contributed by atoms with Gasteiger partial charge in [0.15, 0.2) is 0 Å². The lowest BCUT2D eigenvalue weighted by Crippen LogP contribution is -2.37. The predicted molar refractivity (Wildman–Crippen MR) is 99.6 cm³/mol. The average Bonchev–Trinajstić information content (AvgIpc) is 2.99. The van der Waals surface area contributed by atoms with Crippen molar-refractivity contribution in [1.29, 1.82) is 0 Å². The average molecular weight is 357 g/mol. The summed E-state index contributed by atoms with van der Waals surface area (Å²) in [7, 11) is 1.75. The number of carbonyl (C=O) groups excluding carboxylic acids is 2. The molecule has 0 aliphatic carbocycles. The lowest BCUT2D eigenvalue weighted by Gasteiger charge is -2.22. The zero-order valence-corrected chi connectivity index (χ0v) is 15.2. The standard InChI is InChI=1S/C20H21ClN2O2/c1-14-17(21)9-6-10-18(14)23-12-11-16(20(23)25)19(24)22(2)13-15-7-4-3-5-8-15/h3-10,16H,11-13H2,1-2H3. The van der Waals surface area contributed by atoms with Crippen LogP contribution < -0.4 is 4.90 Å². The minimum Gasteiger partial charge on any atom is -0.341 e. The zero-order chi connectivity index (χ0) is 18.0. The molecule has 1 saturated heterocycles. The van der Waals surface area contributed by atoms with E-state index in [4.69, 9.17) is 11.6 Å². The molecule has 1 aliphatic heterocycles. The van der Waals surface area contributed by atoms with Crippen LogP contribution in [0.25, 0.3) is 0 Å². The Kier molecular flexibility index (Phi) is 5.09. The van der Waals surface area contributed by atoms with Crippen molar-refractivity contribution in [3.63, 3.8) is 0 Å². The molecule has 2 aromatic rings. The van der Waals surface area contributed by atoms with Crippen LogP contribution in [0.1, 0.15) is 17.5 Å². The molecule has 2 aromatic carbocycles. The molecule has 3 rings (SSSR count). The van der Waals surface area contributed by atoms with Crippen LogP contribution in [0.3, 0.4) is 0 Å². The topological polar surface area (TPSA) is 40.6 Å². The summed E-state index contributed by atoms with van der Waals surface area (Å²) in [6, 6.07) is 15.3. The molecule has 0 spiro atoms. The van der Waals surface area contributed by atoms with Gasteiger partial charge in [-0.1, -0.05) is 48.0 Å². The molecular formula is C20H21ClN2O2. The second-order valence-corrected chi connectivity index (χ2v) is 6.80. The van der Waals surface area contributed by atoms with E-state index in [-0.39, 0.29) is 11.8 Å². The van der Waals surface area contributed by atoms with Crippen LogP contribution in [-0.2, 0) is 16.1 Å². The third kappa shape index (κ3) is 3.54. The van der Waals surface area contributed by atoms with E-state index in [1.807, 2.05) is 49.4 Å². The maximum atomic E-state index is 12.8. The molecule has 0 aromatic heterocycles. The van der Waals surface area contributed by atoms with E-state index in [9.17, 15) is 9.59 Å². The van der Waals surface area contributed by atoms with Crippen LogP contribution >= 0.6 is 11.6 Å². The number of benzene rings is 2. The SMILES string of the molecule is Cc1c(Cl)cccc1N1CCC(C(=O)N(C)Cc2ccccc2)C1=O. The summed E-state index contributed by atoms with van der Waals surface area (Å²) in [6.45, 7) is 2.93. The van der Waals surface area contributed by atoms with Gasteiger partial charge in [-0.25, -0.2) is 0 Å². The minimum atomic E-state index is -0.618. The Morgan fingerprint density at radius 3 is 2.64 bits per heavy atom. The molecule has 5 heteroatoms. The molecule has 1 aliphatic rings. The predicted octanol–water partition coefficient (Wildman–Crippen LogP) is 3.66. The summed E-state index contributed by atoms with van der Waals surface area (Å²) in [5.41, 5.74) is 2.70. The maximum Gasteiger partial charge on any atom is 0.239 e. The summed E-state index contributed by atoms with van der Waals surface area (Å²) in [5, 5.41) is 0.626. The fourth-order valence-electron chi connectivity index (χ4n) is 3.24. The second kappa shape index (κ2) is 7.28. The number of hydrogen-bond donors (Lipinski definition) is 0. The van der Waals surface area contributed by atoms with Gasteiger partial charge in [0.2, 0.25) is 11.8 Å². The van der Waals surface area contributed by atoms with Crippen LogP contribution in [0.2, 0.25) is 5.02 Å². The lowest BCUT2D eigenvalue weighted by molar-refractivity contribution is -0.139. The molecule has 0 saturated carbocycles. The van der Waals surface area contributed by atoms with E-state index in [1.165, 1.54) is 0 Å². The summed E-state index contributed by atoms with van der Waals surface area (Å²) in [6.07, 6.45) is 0.531. The first kappa shape index (κ1) is 17.5. The summed E-state index contributed by atoms with van der Waals surface area (Å²) in [4.78, 5) is 28.9. The highest BCUT2D eigenvalue weighted by Crippen LogP contribution is 2.32. The third-order valence-corrected chi connectivity index (χ3v) is 5.08. The lowest BCUT2D eigenvalue weighted by atomic mass is 10.1. The van der Waals surface area contributed by atoms with Gasteiger partial charge < -0.3 is 9.80 Å². The normalized spacial score (nSPS) is 17.0. The Morgan fingerprint density at radius 1 is 1.20 bits per heavy atom. The highest BCUT2D eigenvalue weighted by Gasteiger charge is 2.39. The summed E-state index contributed by atoms with van der Waals surface area (Å²) in [5.74, 6) is -0.890. The fourth-order valence-corrected chi connectivity index (χ4v) is 3.41. The van der Waals surface area contributed by atoms with E-state index < -0.39 is 5.92 Å². The van der Waals surface area contributed by atoms with Crippen molar-refractivity contribution in [1.82, 2.24) is 4.90 Å². The molecule has 4 nitrogen and oxygen atoms in total. The Balaban J connectivity index is 1.73. The van der Waals surface area contributed by atoms with E-state index in [0.717, 1.165) is 16.8 Å². The number of anilines is 1. The van der Waals surface area contributed by atoms with E-state index in [1.54, 1.807) is 22.9 Å². The Bertz CT molecular complexity index is 792. The van der Waals surface area contributed by atoms with Crippen LogP contribution in [-0.4, -0.2) is 30.3 Å². The van der Waals surface area contributed by atoms with Crippen molar-refractivity contribution in [2.24, 2.45) is 5.92 Å². The first-order chi connectivity index (χ1) is 12.0. The van der Waals surface area contributed by atoms with Gasteiger partial charge in [0.1, 0.15) is 5.92 Å². The van der Waals surface area contributed by atoms with Gasteiger partial charge in [-0.3, -0.25) is 9.59 Å². The highest BCUT2D eigenvalue weighted by atomic mass is 35.5. The highest BCUT2D eigenvalue weighted by molar-refractivity contribution is 6.31. The molecule has 0 bridgehead atoms. The molecule has 2 amide bonds. The number of rotatable bonds is 4. The molecule has 1 heterocycles. The van der Waals surface area contributed by atoms with E-state index in [0.29, 0.717) is 24.5 Å². The molecule has 0 N–H and O–H groups in total. The molecule has 1 unspecified atom stereocenters. The van der Waals surface area contributed by atoms with Gasteiger partial charge in [0, 0.05) is 30.8 Å². The van der Waals surface area contributed by atoms with Gasteiger partial charge in [-0.2, -0.15) is 0 Å². The molecule has 0 radical (unpaired) electrons. The quantitative estimate of drug-likeness (QED) is 0.784. The number of amides is 2. The minimum absolute atomic E-state index is 0.129. The first-order valence-corrected chi connectivity index (χ1v) is 8.72. The fraction of sp³-hybridized carbons (Fsp3) is 0.300. The van der Waals surface area contributed by atoms with Crippen molar-refractivity contribution in [3.05, 3.63) is 64.7 Å². The number of hydrogen-bond acceptors (Lipinski definition) is 2. The summed E-state index contributed by atoms with van der Waals surface area (Å²) < 4.78 is 0. The maximum absolute atomic E-state index is 12.8. The van der Waals surface area contributed by atoms with Crippen LogP contribution in [0.5, 0.6) is 0 Å². The number of halogens is 1. The monoisotopic (exact) mass is 356 g/mol. The Morgan fingerprint density at radius 2 is 1.92 bits per heavy atom. The Hall–Kier alpha value is -2.33.